The first-order chi connectivity index (χ1) is 13.9. The molecule has 2 aromatic heterocycles. The van der Waals surface area contributed by atoms with Gasteiger partial charge in [-0.1, -0.05) is 6.92 Å². The van der Waals surface area contributed by atoms with Gasteiger partial charge in [0.25, 0.3) is 5.91 Å². The first-order valence-corrected chi connectivity index (χ1v) is 10.7. The molecule has 3 heterocycles. The van der Waals surface area contributed by atoms with Gasteiger partial charge in [-0.15, -0.1) is 0 Å². The number of hydrogen-bond acceptors (Lipinski definition) is 5. The van der Waals surface area contributed by atoms with Gasteiger partial charge in [0.2, 0.25) is 0 Å². The highest BCUT2D eigenvalue weighted by Crippen LogP contribution is 2.19. The smallest absolute Gasteiger partial charge is 0.255 e. The third-order valence-corrected chi connectivity index (χ3v) is 5.78. The molecule has 0 unspecified atom stereocenters. The Hall–Kier alpha value is -2.41. The molecule has 29 heavy (non-hydrogen) atoms. The van der Waals surface area contributed by atoms with Crippen LogP contribution in [0.4, 0.5) is 5.82 Å². The molecular formula is C22H34N6O. The molecule has 3 rings (SSSR count). The van der Waals surface area contributed by atoms with Crippen molar-refractivity contribution in [2.24, 2.45) is 7.05 Å². The summed E-state index contributed by atoms with van der Waals surface area (Å²) in [6.45, 7) is 12.9. The number of aromatic nitrogens is 3. The largest absolute Gasteiger partial charge is 0.352 e. The Labute approximate surface area is 174 Å². The molecule has 1 atom stereocenters. The molecule has 1 aliphatic heterocycles. The molecule has 158 valence electrons. The lowest BCUT2D eigenvalue weighted by Crippen LogP contribution is -2.56. The minimum atomic E-state index is 0.0845. The van der Waals surface area contributed by atoms with E-state index in [0.717, 1.165) is 50.5 Å². The predicted molar refractivity (Wildman–Crippen MR) is 116 cm³/mol. The Bertz CT molecular complexity index is 800. The first-order valence-electron chi connectivity index (χ1n) is 10.7. The van der Waals surface area contributed by atoms with E-state index in [0.29, 0.717) is 17.6 Å². The third-order valence-electron chi connectivity index (χ3n) is 5.78. The molecule has 0 saturated carbocycles. The summed E-state index contributed by atoms with van der Waals surface area (Å²) in [5, 5.41) is 4.23. The summed E-state index contributed by atoms with van der Waals surface area (Å²) in [5.74, 6) is 0.963. The van der Waals surface area contributed by atoms with Crippen LogP contribution in [0.3, 0.4) is 0 Å². The van der Waals surface area contributed by atoms with Crippen molar-refractivity contribution in [2.75, 3.05) is 31.1 Å². The average Bonchev–Trinajstić information content (AvgIpc) is 3.15. The first kappa shape index (κ1) is 21.3. The van der Waals surface area contributed by atoms with Gasteiger partial charge in [0.15, 0.2) is 0 Å². The monoisotopic (exact) mass is 398 g/mol. The van der Waals surface area contributed by atoms with Crippen molar-refractivity contribution in [3.8, 4) is 0 Å². The zero-order valence-corrected chi connectivity index (χ0v) is 18.4. The molecule has 1 amide bonds. The lowest BCUT2D eigenvalue weighted by atomic mass is 10.1. The number of rotatable bonds is 7. The minimum Gasteiger partial charge on any atom is -0.352 e. The van der Waals surface area contributed by atoms with Gasteiger partial charge in [0, 0.05) is 69.8 Å². The SMILES string of the molecule is CC[C@@H]1CN(C(=O)c2ccc(N(CC)Cc3cnn(C)c3)nc2)CCN1C(C)C. The van der Waals surface area contributed by atoms with Crippen molar-refractivity contribution < 1.29 is 4.79 Å². The van der Waals surface area contributed by atoms with Crippen molar-refractivity contribution in [1.29, 1.82) is 0 Å². The van der Waals surface area contributed by atoms with E-state index in [4.69, 9.17) is 0 Å². The minimum absolute atomic E-state index is 0.0845. The topological polar surface area (TPSA) is 57.5 Å². The molecule has 0 radical (unpaired) electrons. The Balaban J connectivity index is 1.66. The summed E-state index contributed by atoms with van der Waals surface area (Å²) in [6, 6.07) is 4.80. The molecule has 1 aliphatic rings. The molecule has 7 heteroatoms. The van der Waals surface area contributed by atoms with Crippen molar-refractivity contribution in [3.05, 3.63) is 41.9 Å². The highest BCUT2D eigenvalue weighted by molar-refractivity contribution is 5.94. The quantitative estimate of drug-likeness (QED) is 0.718. The second-order valence-electron chi connectivity index (χ2n) is 8.09. The molecule has 1 saturated heterocycles. The molecule has 0 spiro atoms. The van der Waals surface area contributed by atoms with Gasteiger partial charge < -0.3 is 9.80 Å². The summed E-state index contributed by atoms with van der Waals surface area (Å²) in [5.41, 5.74) is 1.81. The van der Waals surface area contributed by atoms with Crippen LogP contribution in [-0.2, 0) is 13.6 Å². The average molecular weight is 399 g/mol. The van der Waals surface area contributed by atoms with Gasteiger partial charge >= 0.3 is 0 Å². The van der Waals surface area contributed by atoms with E-state index in [1.54, 1.807) is 10.9 Å². The van der Waals surface area contributed by atoms with E-state index >= 15 is 0 Å². The summed E-state index contributed by atoms with van der Waals surface area (Å²) < 4.78 is 1.81. The predicted octanol–water partition coefficient (Wildman–Crippen LogP) is 2.79. The van der Waals surface area contributed by atoms with Gasteiger partial charge in [0.1, 0.15) is 5.82 Å². The summed E-state index contributed by atoms with van der Waals surface area (Å²) in [4.78, 5) is 24.3. The van der Waals surface area contributed by atoms with Crippen molar-refractivity contribution in [1.82, 2.24) is 24.6 Å². The second kappa shape index (κ2) is 9.39. The van der Waals surface area contributed by atoms with E-state index in [-0.39, 0.29) is 5.91 Å². The fraction of sp³-hybridized carbons (Fsp3) is 0.591. The summed E-state index contributed by atoms with van der Waals surface area (Å²) >= 11 is 0. The van der Waals surface area contributed by atoms with Crippen LogP contribution in [0.25, 0.3) is 0 Å². The van der Waals surface area contributed by atoms with E-state index in [9.17, 15) is 4.79 Å². The van der Waals surface area contributed by atoms with E-state index < -0.39 is 0 Å². The van der Waals surface area contributed by atoms with E-state index in [1.807, 2.05) is 36.5 Å². The normalized spacial score (nSPS) is 17.7. The number of hydrogen-bond donors (Lipinski definition) is 0. The highest BCUT2D eigenvalue weighted by Gasteiger charge is 2.30. The number of aryl methyl sites for hydroxylation is 1. The molecule has 0 N–H and O–H groups in total. The summed E-state index contributed by atoms with van der Waals surface area (Å²) in [6.07, 6.45) is 6.67. The Morgan fingerprint density at radius 3 is 2.59 bits per heavy atom. The number of carbonyl (C=O) groups is 1. The van der Waals surface area contributed by atoms with Gasteiger partial charge in [-0.3, -0.25) is 14.4 Å². The number of pyridine rings is 1. The number of piperazine rings is 1. The van der Waals surface area contributed by atoms with E-state index in [2.05, 4.69) is 47.6 Å². The lowest BCUT2D eigenvalue weighted by molar-refractivity contribution is 0.0371. The maximum atomic E-state index is 13.0. The van der Waals surface area contributed by atoms with Crippen LogP contribution in [0.1, 0.15) is 50.0 Å². The number of carbonyl (C=O) groups excluding carboxylic acids is 1. The fourth-order valence-electron chi connectivity index (χ4n) is 4.11. The Kier molecular flexibility index (Phi) is 6.90. The summed E-state index contributed by atoms with van der Waals surface area (Å²) in [7, 11) is 1.92. The second-order valence-corrected chi connectivity index (χ2v) is 8.09. The highest BCUT2D eigenvalue weighted by atomic mass is 16.2. The Morgan fingerprint density at radius 2 is 2.03 bits per heavy atom. The molecule has 0 aromatic carbocycles. The van der Waals surface area contributed by atoms with Crippen LogP contribution < -0.4 is 4.90 Å². The fourth-order valence-corrected chi connectivity index (χ4v) is 4.11. The lowest BCUT2D eigenvalue weighted by Gasteiger charge is -2.43. The maximum Gasteiger partial charge on any atom is 0.255 e. The van der Waals surface area contributed by atoms with Crippen LogP contribution in [0.5, 0.6) is 0 Å². The van der Waals surface area contributed by atoms with Gasteiger partial charge in [-0.25, -0.2) is 4.98 Å². The van der Waals surface area contributed by atoms with Gasteiger partial charge in [0.05, 0.1) is 11.8 Å². The van der Waals surface area contributed by atoms with Gasteiger partial charge in [-0.05, 0) is 39.3 Å². The van der Waals surface area contributed by atoms with Crippen LogP contribution >= 0.6 is 0 Å². The zero-order valence-electron chi connectivity index (χ0n) is 18.4. The van der Waals surface area contributed by atoms with Crippen LogP contribution in [0, 0.1) is 0 Å². The molecular weight excluding hydrogens is 364 g/mol. The molecule has 2 aromatic rings. The number of nitrogens with zero attached hydrogens (tertiary/aromatic N) is 6. The maximum absolute atomic E-state index is 13.0. The van der Waals surface area contributed by atoms with Crippen molar-refractivity contribution in [3.63, 3.8) is 0 Å². The number of amides is 1. The van der Waals surface area contributed by atoms with E-state index in [1.165, 1.54) is 0 Å². The Morgan fingerprint density at radius 1 is 1.24 bits per heavy atom. The van der Waals surface area contributed by atoms with Crippen molar-refractivity contribution >= 4 is 11.7 Å². The molecule has 1 fully saturated rings. The van der Waals surface area contributed by atoms with Crippen molar-refractivity contribution in [2.45, 2.75) is 52.7 Å². The van der Waals surface area contributed by atoms with Crippen LogP contribution in [0.15, 0.2) is 30.7 Å². The van der Waals surface area contributed by atoms with Gasteiger partial charge in [-0.2, -0.15) is 5.10 Å². The van der Waals surface area contributed by atoms with Crippen LogP contribution in [0.2, 0.25) is 0 Å². The van der Waals surface area contributed by atoms with Crippen LogP contribution in [-0.4, -0.2) is 68.7 Å². The zero-order chi connectivity index (χ0) is 21.0. The molecule has 7 nitrogen and oxygen atoms in total. The third kappa shape index (κ3) is 4.96. The molecule has 0 bridgehead atoms. The molecule has 0 aliphatic carbocycles. The standard InChI is InChI=1S/C22H34N6O/c1-6-20-16-27(10-11-28(20)17(3)4)22(29)19-8-9-21(23-13-19)26(7-2)15-18-12-24-25(5)14-18/h8-9,12-14,17,20H,6-7,10-11,15-16H2,1-5H3/t20-/m1/s1. The number of anilines is 1.